The lowest BCUT2D eigenvalue weighted by molar-refractivity contribution is 0.0680. The molecule has 0 bridgehead atoms. The molecule has 0 fully saturated rings. The molecule has 10 nitrogen and oxygen atoms in total. The standard InChI is InChI=1S/C19H25N7O3/c1-12-8-21-18(23-15-5-6-22-25(15)3)24-16(12)13-7-14(17(27)28)26(9-13)10-19(2,20)11-29-4/h5-9H,10-11,20H2,1-4H3,(H,27,28)(H,21,23,24). The molecular weight excluding hydrogens is 374 g/mol. The van der Waals surface area contributed by atoms with E-state index in [4.69, 9.17) is 10.5 Å². The zero-order valence-corrected chi connectivity index (χ0v) is 16.9. The van der Waals surface area contributed by atoms with Crippen LogP contribution in [0.2, 0.25) is 0 Å². The highest BCUT2D eigenvalue weighted by molar-refractivity contribution is 5.88. The number of aryl methyl sites for hydroxylation is 2. The van der Waals surface area contributed by atoms with Gasteiger partial charge in [-0.2, -0.15) is 5.10 Å². The summed E-state index contributed by atoms with van der Waals surface area (Å²) in [5.41, 5.74) is 7.78. The molecule has 10 heteroatoms. The fourth-order valence-electron chi connectivity index (χ4n) is 3.12. The van der Waals surface area contributed by atoms with E-state index in [1.807, 2.05) is 13.8 Å². The van der Waals surface area contributed by atoms with Gasteiger partial charge in [0.2, 0.25) is 5.95 Å². The van der Waals surface area contributed by atoms with Crippen molar-refractivity contribution in [2.24, 2.45) is 12.8 Å². The number of nitrogens with zero attached hydrogens (tertiary/aromatic N) is 5. The Hall–Kier alpha value is -3.24. The Morgan fingerprint density at radius 1 is 1.45 bits per heavy atom. The van der Waals surface area contributed by atoms with Crippen LogP contribution in [0.1, 0.15) is 23.0 Å². The van der Waals surface area contributed by atoms with Gasteiger partial charge >= 0.3 is 5.97 Å². The summed E-state index contributed by atoms with van der Waals surface area (Å²) in [6.07, 6.45) is 5.10. The summed E-state index contributed by atoms with van der Waals surface area (Å²) in [7, 11) is 3.37. The van der Waals surface area contributed by atoms with Crippen molar-refractivity contribution in [2.75, 3.05) is 19.0 Å². The number of rotatable bonds is 8. The molecule has 3 aromatic rings. The summed E-state index contributed by atoms with van der Waals surface area (Å²) in [6, 6.07) is 3.40. The van der Waals surface area contributed by atoms with Crippen LogP contribution in [0.4, 0.5) is 11.8 Å². The zero-order chi connectivity index (χ0) is 21.2. The highest BCUT2D eigenvalue weighted by Crippen LogP contribution is 2.26. The molecule has 4 N–H and O–H groups in total. The number of ether oxygens (including phenoxy) is 1. The first-order chi connectivity index (χ1) is 13.7. The number of nitrogens with one attached hydrogen (secondary N) is 1. The predicted octanol–water partition coefficient (Wildman–Crippen LogP) is 1.79. The summed E-state index contributed by atoms with van der Waals surface area (Å²) in [5, 5.41) is 16.8. The number of methoxy groups -OCH3 is 1. The molecule has 154 valence electrons. The van der Waals surface area contributed by atoms with E-state index in [0.29, 0.717) is 23.8 Å². The second kappa shape index (κ2) is 8.02. The molecule has 0 aliphatic rings. The van der Waals surface area contributed by atoms with E-state index >= 15 is 0 Å². The van der Waals surface area contributed by atoms with Crippen molar-refractivity contribution >= 4 is 17.7 Å². The summed E-state index contributed by atoms with van der Waals surface area (Å²) >= 11 is 0. The van der Waals surface area contributed by atoms with E-state index in [9.17, 15) is 9.90 Å². The van der Waals surface area contributed by atoms with Crippen LogP contribution in [0.15, 0.2) is 30.7 Å². The lowest BCUT2D eigenvalue weighted by atomic mass is 10.1. The Bertz CT molecular complexity index is 1020. The molecule has 1 unspecified atom stereocenters. The van der Waals surface area contributed by atoms with E-state index in [1.54, 1.807) is 54.1 Å². The van der Waals surface area contributed by atoms with Crippen LogP contribution in [0, 0.1) is 6.92 Å². The first kappa shape index (κ1) is 20.5. The van der Waals surface area contributed by atoms with Crippen LogP contribution in [-0.4, -0.2) is 54.6 Å². The van der Waals surface area contributed by atoms with Crippen LogP contribution in [0.5, 0.6) is 0 Å². The van der Waals surface area contributed by atoms with Gasteiger partial charge in [0.25, 0.3) is 0 Å². The number of carboxylic acids is 1. The fourth-order valence-corrected chi connectivity index (χ4v) is 3.12. The number of hydrogen-bond donors (Lipinski definition) is 3. The second-order valence-electron chi connectivity index (χ2n) is 7.32. The average Bonchev–Trinajstić information content (AvgIpc) is 3.22. The molecule has 0 aliphatic carbocycles. The molecule has 3 heterocycles. The molecule has 0 amide bonds. The number of nitrogens with two attached hydrogens (primary N) is 1. The van der Waals surface area contributed by atoms with E-state index < -0.39 is 11.5 Å². The topological polar surface area (TPSA) is 133 Å². The zero-order valence-electron chi connectivity index (χ0n) is 16.9. The minimum Gasteiger partial charge on any atom is -0.477 e. The van der Waals surface area contributed by atoms with Gasteiger partial charge in [0.05, 0.1) is 24.0 Å². The van der Waals surface area contributed by atoms with E-state index in [-0.39, 0.29) is 12.2 Å². The van der Waals surface area contributed by atoms with Gasteiger partial charge in [-0.3, -0.25) is 4.68 Å². The highest BCUT2D eigenvalue weighted by Gasteiger charge is 2.24. The molecule has 3 aromatic heterocycles. The molecule has 0 spiro atoms. The van der Waals surface area contributed by atoms with Gasteiger partial charge in [-0.25, -0.2) is 14.8 Å². The van der Waals surface area contributed by atoms with Crippen molar-refractivity contribution < 1.29 is 14.6 Å². The minimum atomic E-state index is -1.04. The Labute approximate surface area is 168 Å². The van der Waals surface area contributed by atoms with Crippen LogP contribution < -0.4 is 11.1 Å². The van der Waals surface area contributed by atoms with Crippen molar-refractivity contribution in [1.29, 1.82) is 0 Å². The lowest BCUT2D eigenvalue weighted by Gasteiger charge is -2.24. The molecule has 3 rings (SSSR count). The average molecular weight is 399 g/mol. The monoisotopic (exact) mass is 399 g/mol. The maximum absolute atomic E-state index is 11.8. The largest absolute Gasteiger partial charge is 0.477 e. The van der Waals surface area contributed by atoms with Crippen LogP contribution in [-0.2, 0) is 18.3 Å². The number of carboxylic acid groups (broad SMARTS) is 1. The molecule has 0 aromatic carbocycles. The third-order valence-corrected chi connectivity index (χ3v) is 4.43. The van der Waals surface area contributed by atoms with Crippen LogP contribution in [0.3, 0.4) is 0 Å². The molecule has 29 heavy (non-hydrogen) atoms. The minimum absolute atomic E-state index is 0.131. The highest BCUT2D eigenvalue weighted by atomic mass is 16.5. The smallest absolute Gasteiger partial charge is 0.352 e. The molecular formula is C19H25N7O3. The molecule has 0 saturated heterocycles. The van der Waals surface area contributed by atoms with Gasteiger partial charge in [-0.05, 0) is 25.5 Å². The van der Waals surface area contributed by atoms with Gasteiger partial charge in [-0.15, -0.1) is 0 Å². The Balaban J connectivity index is 1.97. The van der Waals surface area contributed by atoms with Crippen LogP contribution in [0.25, 0.3) is 11.3 Å². The fraction of sp³-hybridized carbons (Fsp3) is 0.368. The van der Waals surface area contributed by atoms with E-state index in [0.717, 1.165) is 11.4 Å². The number of aromatic carboxylic acids is 1. The summed E-state index contributed by atoms with van der Waals surface area (Å²) in [6.45, 7) is 4.27. The number of hydrogen-bond acceptors (Lipinski definition) is 7. The number of aromatic nitrogens is 5. The normalized spacial score (nSPS) is 13.3. The van der Waals surface area contributed by atoms with Gasteiger partial charge in [-0.1, -0.05) is 0 Å². The van der Waals surface area contributed by atoms with Crippen molar-refractivity contribution in [3.63, 3.8) is 0 Å². The Morgan fingerprint density at radius 2 is 2.21 bits per heavy atom. The van der Waals surface area contributed by atoms with Gasteiger partial charge in [0.15, 0.2) is 0 Å². The summed E-state index contributed by atoms with van der Waals surface area (Å²) in [5.74, 6) is 0.0911. The van der Waals surface area contributed by atoms with E-state index in [2.05, 4.69) is 20.4 Å². The SMILES string of the molecule is COCC(C)(N)Cn1cc(-c2nc(Nc3ccnn3C)ncc2C)cc1C(=O)O. The van der Waals surface area contributed by atoms with Gasteiger partial charge < -0.3 is 25.5 Å². The van der Waals surface area contributed by atoms with Crippen molar-refractivity contribution in [1.82, 2.24) is 24.3 Å². The number of anilines is 2. The maximum Gasteiger partial charge on any atom is 0.352 e. The molecule has 0 radical (unpaired) electrons. The van der Waals surface area contributed by atoms with E-state index in [1.165, 1.54) is 0 Å². The molecule has 0 saturated carbocycles. The van der Waals surface area contributed by atoms with Crippen molar-refractivity contribution in [3.05, 3.63) is 42.0 Å². The predicted molar refractivity (Wildman–Crippen MR) is 108 cm³/mol. The molecule has 1 atom stereocenters. The third-order valence-electron chi connectivity index (χ3n) is 4.43. The third kappa shape index (κ3) is 4.61. The second-order valence-corrected chi connectivity index (χ2v) is 7.32. The Kier molecular flexibility index (Phi) is 5.66. The summed E-state index contributed by atoms with van der Waals surface area (Å²) < 4.78 is 8.43. The van der Waals surface area contributed by atoms with Gasteiger partial charge in [0.1, 0.15) is 11.5 Å². The van der Waals surface area contributed by atoms with Gasteiger partial charge in [0, 0.05) is 44.7 Å². The quantitative estimate of drug-likeness (QED) is 0.522. The van der Waals surface area contributed by atoms with Crippen molar-refractivity contribution in [3.8, 4) is 11.3 Å². The van der Waals surface area contributed by atoms with Crippen molar-refractivity contribution in [2.45, 2.75) is 25.9 Å². The lowest BCUT2D eigenvalue weighted by Crippen LogP contribution is -2.45. The molecule has 0 aliphatic heterocycles. The Morgan fingerprint density at radius 3 is 2.83 bits per heavy atom. The first-order valence-corrected chi connectivity index (χ1v) is 9.00. The number of carbonyl (C=O) groups is 1. The van der Waals surface area contributed by atoms with Crippen LogP contribution >= 0.6 is 0 Å². The first-order valence-electron chi connectivity index (χ1n) is 9.00. The summed E-state index contributed by atoms with van der Waals surface area (Å²) in [4.78, 5) is 20.6. The maximum atomic E-state index is 11.8.